The van der Waals surface area contributed by atoms with Crippen LogP contribution >= 0.6 is 0 Å². The minimum Gasteiger partial charge on any atom is -0.383 e. The number of alkyl halides is 3. The van der Waals surface area contributed by atoms with E-state index in [0.29, 0.717) is 19.7 Å². The quantitative estimate of drug-likeness (QED) is 0.826. The maximum Gasteiger partial charge on any atom is 0.394 e. The third-order valence-electron chi connectivity index (χ3n) is 3.21. The van der Waals surface area contributed by atoms with Gasteiger partial charge in [-0.3, -0.25) is 4.90 Å². The van der Waals surface area contributed by atoms with Crippen LogP contribution in [-0.2, 0) is 4.74 Å². The molecule has 1 unspecified atom stereocenters. The Labute approximate surface area is 100 Å². The second kappa shape index (κ2) is 5.54. The van der Waals surface area contributed by atoms with Gasteiger partial charge in [0.25, 0.3) is 0 Å². The average molecular weight is 254 g/mol. The summed E-state index contributed by atoms with van der Waals surface area (Å²) in [4.78, 5) is 1.86. The molecule has 0 amide bonds. The number of nitrogens with zero attached hydrogens (tertiary/aromatic N) is 1. The van der Waals surface area contributed by atoms with E-state index in [1.165, 1.54) is 0 Å². The van der Waals surface area contributed by atoms with Crippen molar-refractivity contribution in [2.24, 2.45) is 5.92 Å². The molecule has 0 aliphatic carbocycles. The van der Waals surface area contributed by atoms with E-state index >= 15 is 0 Å². The van der Waals surface area contributed by atoms with Crippen molar-refractivity contribution in [1.29, 1.82) is 0 Å². The van der Waals surface area contributed by atoms with Crippen LogP contribution in [0, 0.1) is 5.92 Å². The fourth-order valence-electron chi connectivity index (χ4n) is 2.13. The Morgan fingerprint density at radius 1 is 1.35 bits per heavy atom. The largest absolute Gasteiger partial charge is 0.394 e. The van der Waals surface area contributed by atoms with Crippen molar-refractivity contribution in [3.8, 4) is 0 Å². The minimum absolute atomic E-state index is 0.00304. The number of hydrogen-bond donors (Lipinski definition) is 1. The van der Waals surface area contributed by atoms with Crippen LogP contribution in [0.25, 0.3) is 0 Å². The SMILES string of the molecule is COCC(C)(C)N1CCNCC(C(F)(F)F)C1. The predicted octanol–water partition coefficient (Wildman–Crippen LogP) is 1.50. The predicted molar refractivity (Wildman–Crippen MR) is 59.9 cm³/mol. The van der Waals surface area contributed by atoms with Crippen LogP contribution in [-0.4, -0.2) is 56.5 Å². The monoisotopic (exact) mass is 254 g/mol. The number of ether oxygens (including phenoxy) is 1. The van der Waals surface area contributed by atoms with E-state index in [-0.39, 0.29) is 18.6 Å². The van der Waals surface area contributed by atoms with Crippen LogP contribution in [0.2, 0.25) is 0 Å². The van der Waals surface area contributed by atoms with Crippen LogP contribution in [0.5, 0.6) is 0 Å². The second-order valence-corrected chi connectivity index (χ2v) is 5.13. The number of nitrogens with one attached hydrogen (secondary N) is 1. The third-order valence-corrected chi connectivity index (χ3v) is 3.21. The molecule has 1 rings (SSSR count). The number of halogens is 3. The molecule has 102 valence electrons. The Morgan fingerprint density at radius 3 is 2.53 bits per heavy atom. The van der Waals surface area contributed by atoms with E-state index in [2.05, 4.69) is 5.32 Å². The molecule has 0 aromatic heterocycles. The van der Waals surface area contributed by atoms with Crippen molar-refractivity contribution in [3.63, 3.8) is 0 Å². The fraction of sp³-hybridized carbons (Fsp3) is 1.00. The molecule has 1 N–H and O–H groups in total. The van der Waals surface area contributed by atoms with Crippen LogP contribution in [0.4, 0.5) is 13.2 Å². The molecule has 1 heterocycles. The summed E-state index contributed by atoms with van der Waals surface area (Å²) in [7, 11) is 1.57. The molecule has 1 atom stereocenters. The van der Waals surface area contributed by atoms with Gasteiger partial charge < -0.3 is 10.1 Å². The zero-order valence-corrected chi connectivity index (χ0v) is 10.6. The Bertz CT molecular complexity index is 243. The number of rotatable bonds is 3. The minimum atomic E-state index is -4.14. The summed E-state index contributed by atoms with van der Waals surface area (Å²) in [5.74, 6) is -1.30. The molecule has 1 aliphatic rings. The first kappa shape index (κ1) is 14.7. The molecule has 1 fully saturated rings. The second-order valence-electron chi connectivity index (χ2n) is 5.13. The summed E-state index contributed by atoms with van der Waals surface area (Å²) < 4.78 is 43.4. The zero-order chi connectivity index (χ0) is 13.1. The number of hydrogen-bond acceptors (Lipinski definition) is 3. The Kier molecular flexibility index (Phi) is 4.80. The van der Waals surface area contributed by atoms with Crippen LogP contribution < -0.4 is 5.32 Å². The smallest absolute Gasteiger partial charge is 0.383 e. The van der Waals surface area contributed by atoms with Crippen LogP contribution in [0.3, 0.4) is 0 Å². The highest BCUT2D eigenvalue weighted by molar-refractivity contribution is 4.87. The van der Waals surface area contributed by atoms with Gasteiger partial charge in [0.1, 0.15) is 0 Å². The normalized spacial score (nSPS) is 24.7. The van der Waals surface area contributed by atoms with Crippen molar-refractivity contribution < 1.29 is 17.9 Å². The van der Waals surface area contributed by atoms with Gasteiger partial charge in [0.05, 0.1) is 12.5 Å². The molecule has 1 saturated heterocycles. The molecule has 0 saturated carbocycles. The van der Waals surface area contributed by atoms with E-state index in [0.717, 1.165) is 0 Å². The lowest BCUT2D eigenvalue weighted by Crippen LogP contribution is -2.51. The Balaban J connectivity index is 2.72. The maximum atomic E-state index is 12.8. The number of methoxy groups -OCH3 is 1. The van der Waals surface area contributed by atoms with Gasteiger partial charge in [-0.05, 0) is 13.8 Å². The molecular weight excluding hydrogens is 233 g/mol. The summed E-state index contributed by atoms with van der Waals surface area (Å²) in [6, 6.07) is 0. The molecule has 17 heavy (non-hydrogen) atoms. The lowest BCUT2D eigenvalue weighted by atomic mass is 10.0. The van der Waals surface area contributed by atoms with E-state index in [9.17, 15) is 13.2 Å². The van der Waals surface area contributed by atoms with E-state index in [1.54, 1.807) is 7.11 Å². The summed E-state index contributed by atoms with van der Waals surface area (Å²) in [5.41, 5.74) is -0.371. The van der Waals surface area contributed by atoms with Gasteiger partial charge in [-0.25, -0.2) is 0 Å². The molecule has 6 heteroatoms. The van der Waals surface area contributed by atoms with E-state index in [4.69, 9.17) is 4.74 Å². The topological polar surface area (TPSA) is 24.5 Å². The van der Waals surface area contributed by atoms with Gasteiger partial charge in [-0.1, -0.05) is 0 Å². The van der Waals surface area contributed by atoms with Gasteiger partial charge in [-0.2, -0.15) is 13.2 Å². The lowest BCUT2D eigenvalue weighted by molar-refractivity contribution is -0.179. The summed E-state index contributed by atoms with van der Waals surface area (Å²) >= 11 is 0. The Morgan fingerprint density at radius 2 is 2.00 bits per heavy atom. The van der Waals surface area contributed by atoms with Crippen molar-refractivity contribution in [1.82, 2.24) is 10.2 Å². The van der Waals surface area contributed by atoms with Crippen LogP contribution in [0.15, 0.2) is 0 Å². The van der Waals surface area contributed by atoms with E-state index < -0.39 is 12.1 Å². The van der Waals surface area contributed by atoms with Crippen molar-refractivity contribution in [3.05, 3.63) is 0 Å². The van der Waals surface area contributed by atoms with Gasteiger partial charge in [0, 0.05) is 38.8 Å². The molecule has 0 aromatic carbocycles. The summed E-state index contributed by atoms with van der Waals surface area (Å²) in [6.45, 7) is 5.49. The average Bonchev–Trinajstić information content (AvgIpc) is 2.41. The zero-order valence-electron chi connectivity index (χ0n) is 10.6. The van der Waals surface area contributed by atoms with Gasteiger partial charge in [0.15, 0.2) is 0 Å². The third kappa shape index (κ3) is 4.12. The molecule has 0 bridgehead atoms. The maximum absolute atomic E-state index is 12.8. The van der Waals surface area contributed by atoms with E-state index in [1.807, 2.05) is 18.7 Å². The first-order valence-electron chi connectivity index (χ1n) is 5.79. The lowest BCUT2D eigenvalue weighted by Gasteiger charge is -2.38. The highest BCUT2D eigenvalue weighted by Gasteiger charge is 2.43. The highest BCUT2D eigenvalue weighted by atomic mass is 19.4. The van der Waals surface area contributed by atoms with Gasteiger partial charge >= 0.3 is 6.18 Å². The molecule has 0 radical (unpaired) electrons. The summed E-state index contributed by atoms with van der Waals surface area (Å²) in [5, 5.41) is 2.85. The fourth-order valence-corrected chi connectivity index (χ4v) is 2.13. The van der Waals surface area contributed by atoms with Crippen molar-refractivity contribution in [2.75, 3.05) is 39.9 Å². The van der Waals surface area contributed by atoms with Crippen LogP contribution in [0.1, 0.15) is 13.8 Å². The molecule has 0 aromatic rings. The molecule has 0 spiro atoms. The molecule has 3 nitrogen and oxygen atoms in total. The first-order chi connectivity index (χ1) is 7.77. The van der Waals surface area contributed by atoms with Gasteiger partial charge in [0.2, 0.25) is 0 Å². The highest BCUT2D eigenvalue weighted by Crippen LogP contribution is 2.29. The standard InChI is InChI=1S/C11H21F3N2O/c1-10(2,8-17-3)16-5-4-15-6-9(7-16)11(12,13)14/h9,15H,4-8H2,1-3H3. The first-order valence-corrected chi connectivity index (χ1v) is 5.79. The summed E-state index contributed by atoms with van der Waals surface area (Å²) in [6.07, 6.45) is -4.14. The van der Waals surface area contributed by atoms with Crippen molar-refractivity contribution in [2.45, 2.75) is 25.6 Å². The van der Waals surface area contributed by atoms with Gasteiger partial charge in [-0.15, -0.1) is 0 Å². The molecule has 1 aliphatic heterocycles. The van der Waals surface area contributed by atoms with Crippen molar-refractivity contribution >= 4 is 0 Å². The molecular formula is C11H21F3N2O. The Hall–Kier alpha value is -0.330.